The van der Waals surface area contributed by atoms with Gasteiger partial charge in [0.1, 0.15) is 5.56 Å². The number of nitro benzene ring substituents is 1. The quantitative estimate of drug-likeness (QED) is 0.660. The molecule has 2 amide bonds. The van der Waals surface area contributed by atoms with Crippen molar-refractivity contribution in [2.24, 2.45) is 0 Å². The van der Waals surface area contributed by atoms with Crippen LogP contribution in [0.1, 0.15) is 17.3 Å². The summed E-state index contributed by atoms with van der Waals surface area (Å²) in [7, 11) is 0. The standard InChI is InChI=1S/C15H12ClN3O4/c1-9(20)17-11-3-2-4-12(8-11)18-15(21)13-6-5-10(16)7-14(13)19(22)23/h2-8H,1H3,(H,17,20)(H,18,21). The molecule has 0 atom stereocenters. The number of nitrogens with one attached hydrogen (secondary N) is 2. The van der Waals surface area contributed by atoms with E-state index in [0.717, 1.165) is 6.07 Å². The van der Waals surface area contributed by atoms with Gasteiger partial charge < -0.3 is 10.6 Å². The van der Waals surface area contributed by atoms with Crippen molar-refractivity contribution in [3.05, 3.63) is 63.2 Å². The second-order valence-electron chi connectivity index (χ2n) is 4.63. The molecule has 0 saturated heterocycles. The molecule has 118 valence electrons. The van der Waals surface area contributed by atoms with Crippen molar-refractivity contribution in [2.75, 3.05) is 10.6 Å². The second-order valence-corrected chi connectivity index (χ2v) is 5.07. The molecule has 0 spiro atoms. The molecule has 0 aliphatic carbocycles. The highest BCUT2D eigenvalue weighted by atomic mass is 35.5. The summed E-state index contributed by atoms with van der Waals surface area (Å²) in [6, 6.07) is 10.2. The highest BCUT2D eigenvalue weighted by Gasteiger charge is 2.20. The molecule has 2 aromatic rings. The van der Waals surface area contributed by atoms with Gasteiger partial charge in [0, 0.05) is 29.4 Å². The Hall–Kier alpha value is -2.93. The van der Waals surface area contributed by atoms with Crippen LogP contribution in [0.4, 0.5) is 17.1 Å². The summed E-state index contributed by atoms with van der Waals surface area (Å²) >= 11 is 5.72. The van der Waals surface area contributed by atoms with Crippen LogP contribution in [0.3, 0.4) is 0 Å². The summed E-state index contributed by atoms with van der Waals surface area (Å²) in [5.74, 6) is -0.893. The third-order valence-electron chi connectivity index (χ3n) is 2.84. The largest absolute Gasteiger partial charge is 0.326 e. The second kappa shape index (κ2) is 6.89. The number of nitro groups is 1. The monoisotopic (exact) mass is 333 g/mol. The predicted octanol–water partition coefficient (Wildman–Crippen LogP) is 3.46. The van der Waals surface area contributed by atoms with Crippen LogP contribution in [0.5, 0.6) is 0 Å². The van der Waals surface area contributed by atoms with Crippen LogP contribution in [0.15, 0.2) is 42.5 Å². The third-order valence-corrected chi connectivity index (χ3v) is 3.08. The number of nitrogens with zero attached hydrogens (tertiary/aromatic N) is 1. The predicted molar refractivity (Wildman–Crippen MR) is 86.8 cm³/mol. The van der Waals surface area contributed by atoms with Crippen LogP contribution < -0.4 is 10.6 Å². The van der Waals surface area contributed by atoms with Crippen molar-refractivity contribution in [2.45, 2.75) is 6.92 Å². The lowest BCUT2D eigenvalue weighted by Crippen LogP contribution is -2.14. The minimum Gasteiger partial charge on any atom is -0.326 e. The van der Waals surface area contributed by atoms with E-state index in [0.29, 0.717) is 11.4 Å². The van der Waals surface area contributed by atoms with E-state index in [4.69, 9.17) is 11.6 Å². The average Bonchev–Trinajstić information content (AvgIpc) is 2.46. The van der Waals surface area contributed by atoms with Gasteiger partial charge in [-0.1, -0.05) is 17.7 Å². The lowest BCUT2D eigenvalue weighted by molar-refractivity contribution is -0.385. The molecule has 0 aliphatic heterocycles. The smallest absolute Gasteiger partial charge is 0.283 e. The first kappa shape index (κ1) is 16.4. The fourth-order valence-electron chi connectivity index (χ4n) is 1.92. The summed E-state index contributed by atoms with van der Waals surface area (Å²) in [6.45, 7) is 1.36. The highest BCUT2D eigenvalue weighted by Crippen LogP contribution is 2.24. The van der Waals surface area contributed by atoms with E-state index in [9.17, 15) is 19.7 Å². The Morgan fingerprint density at radius 1 is 1.09 bits per heavy atom. The van der Waals surface area contributed by atoms with Gasteiger partial charge in [-0.2, -0.15) is 0 Å². The van der Waals surface area contributed by atoms with Gasteiger partial charge in [-0.3, -0.25) is 19.7 Å². The lowest BCUT2D eigenvalue weighted by Gasteiger charge is -2.08. The van der Waals surface area contributed by atoms with E-state index < -0.39 is 10.8 Å². The van der Waals surface area contributed by atoms with Crippen LogP contribution in [0, 0.1) is 10.1 Å². The zero-order valence-corrected chi connectivity index (χ0v) is 12.8. The number of hydrogen-bond acceptors (Lipinski definition) is 4. The van der Waals surface area contributed by atoms with Crippen molar-refractivity contribution >= 4 is 40.5 Å². The molecule has 0 aromatic heterocycles. The number of benzene rings is 2. The number of halogens is 1. The third kappa shape index (κ3) is 4.27. The van der Waals surface area contributed by atoms with Crippen LogP contribution in [-0.2, 0) is 4.79 Å². The Labute approximate surface area is 136 Å². The van der Waals surface area contributed by atoms with E-state index in [1.54, 1.807) is 24.3 Å². The van der Waals surface area contributed by atoms with Gasteiger partial charge in [-0.15, -0.1) is 0 Å². The average molecular weight is 334 g/mol. The van der Waals surface area contributed by atoms with Gasteiger partial charge in [-0.25, -0.2) is 0 Å². The van der Waals surface area contributed by atoms with Gasteiger partial charge in [0.2, 0.25) is 5.91 Å². The van der Waals surface area contributed by atoms with E-state index in [1.165, 1.54) is 19.1 Å². The Morgan fingerprint density at radius 3 is 2.35 bits per heavy atom. The Bertz CT molecular complexity index is 792. The molecule has 0 unspecified atom stereocenters. The Kier molecular flexibility index (Phi) is 4.92. The van der Waals surface area contributed by atoms with Crippen molar-refractivity contribution in [3.8, 4) is 0 Å². The van der Waals surface area contributed by atoms with Crippen molar-refractivity contribution in [1.82, 2.24) is 0 Å². The molecule has 2 N–H and O–H groups in total. The molecule has 8 heteroatoms. The molecule has 0 bridgehead atoms. The normalized spacial score (nSPS) is 10.0. The molecule has 0 fully saturated rings. The molecule has 7 nitrogen and oxygen atoms in total. The van der Waals surface area contributed by atoms with E-state index in [-0.39, 0.29) is 22.2 Å². The van der Waals surface area contributed by atoms with Crippen LogP contribution in [0.25, 0.3) is 0 Å². The first-order chi connectivity index (χ1) is 10.9. The van der Waals surface area contributed by atoms with Gasteiger partial charge >= 0.3 is 0 Å². The molecule has 0 radical (unpaired) electrons. The fourth-order valence-corrected chi connectivity index (χ4v) is 2.09. The molecule has 0 aliphatic rings. The SMILES string of the molecule is CC(=O)Nc1cccc(NC(=O)c2ccc(Cl)cc2[N+](=O)[O-])c1. The Balaban J connectivity index is 2.26. The summed E-state index contributed by atoms with van der Waals surface area (Å²) in [5, 5.41) is 16.3. The molecule has 0 saturated carbocycles. The number of hydrogen-bond donors (Lipinski definition) is 2. The molecule has 0 heterocycles. The van der Waals surface area contributed by atoms with Crippen LogP contribution in [-0.4, -0.2) is 16.7 Å². The molecular weight excluding hydrogens is 322 g/mol. The van der Waals surface area contributed by atoms with E-state index >= 15 is 0 Å². The summed E-state index contributed by atoms with van der Waals surface area (Å²) in [6.07, 6.45) is 0. The maximum absolute atomic E-state index is 12.2. The van der Waals surface area contributed by atoms with E-state index in [1.807, 2.05) is 0 Å². The Morgan fingerprint density at radius 2 is 1.74 bits per heavy atom. The van der Waals surface area contributed by atoms with E-state index in [2.05, 4.69) is 10.6 Å². The minimum atomic E-state index is -0.672. The topological polar surface area (TPSA) is 101 Å². The zero-order chi connectivity index (χ0) is 17.0. The summed E-state index contributed by atoms with van der Waals surface area (Å²) < 4.78 is 0. The fraction of sp³-hybridized carbons (Fsp3) is 0.0667. The van der Waals surface area contributed by atoms with Gasteiger partial charge in [0.15, 0.2) is 0 Å². The summed E-state index contributed by atoms with van der Waals surface area (Å²) in [5.41, 5.74) is 0.406. The highest BCUT2D eigenvalue weighted by molar-refractivity contribution is 6.31. The summed E-state index contributed by atoms with van der Waals surface area (Å²) in [4.78, 5) is 33.6. The first-order valence-corrected chi connectivity index (χ1v) is 6.87. The number of carbonyl (C=O) groups excluding carboxylic acids is 2. The minimum absolute atomic E-state index is 0.107. The van der Waals surface area contributed by atoms with Crippen LogP contribution in [0.2, 0.25) is 5.02 Å². The lowest BCUT2D eigenvalue weighted by atomic mass is 10.1. The maximum Gasteiger partial charge on any atom is 0.283 e. The van der Waals surface area contributed by atoms with Gasteiger partial charge in [0.25, 0.3) is 11.6 Å². The molecular formula is C15H12ClN3O4. The van der Waals surface area contributed by atoms with Gasteiger partial charge in [0.05, 0.1) is 4.92 Å². The van der Waals surface area contributed by atoms with Crippen molar-refractivity contribution in [1.29, 1.82) is 0 Å². The maximum atomic E-state index is 12.2. The zero-order valence-electron chi connectivity index (χ0n) is 12.0. The van der Waals surface area contributed by atoms with Crippen molar-refractivity contribution < 1.29 is 14.5 Å². The number of rotatable bonds is 4. The number of amides is 2. The number of carbonyl (C=O) groups is 2. The number of anilines is 2. The molecule has 2 rings (SSSR count). The van der Waals surface area contributed by atoms with Gasteiger partial charge in [-0.05, 0) is 30.3 Å². The first-order valence-electron chi connectivity index (χ1n) is 6.50. The molecule has 23 heavy (non-hydrogen) atoms. The molecule has 2 aromatic carbocycles. The van der Waals surface area contributed by atoms with Crippen molar-refractivity contribution in [3.63, 3.8) is 0 Å². The van der Waals surface area contributed by atoms with Crippen LogP contribution >= 0.6 is 11.6 Å².